The molecule has 0 aliphatic rings. The Labute approximate surface area is 89.3 Å². The third-order valence-electron chi connectivity index (χ3n) is 2.03. The molecular formula is C10H9BrF2O. The first kappa shape index (κ1) is 11.3. The lowest BCUT2D eigenvalue weighted by atomic mass is 10.0. The number of halogens is 3. The van der Waals surface area contributed by atoms with Crippen molar-refractivity contribution in [1.29, 1.82) is 0 Å². The van der Waals surface area contributed by atoms with Gasteiger partial charge in [0.1, 0.15) is 0 Å². The topological polar surface area (TPSA) is 17.1 Å². The molecular weight excluding hydrogens is 254 g/mol. The van der Waals surface area contributed by atoms with Crippen LogP contribution in [0.2, 0.25) is 0 Å². The Morgan fingerprint density at radius 3 is 2.43 bits per heavy atom. The number of ketones is 1. The Kier molecular flexibility index (Phi) is 3.37. The second-order valence-electron chi connectivity index (χ2n) is 3.00. The Balaban J connectivity index is 3.33. The summed E-state index contributed by atoms with van der Waals surface area (Å²) in [5, 5.41) is 0. The van der Waals surface area contributed by atoms with E-state index in [2.05, 4.69) is 15.9 Å². The van der Waals surface area contributed by atoms with Gasteiger partial charge in [0, 0.05) is 15.6 Å². The van der Waals surface area contributed by atoms with Gasteiger partial charge in [-0.05, 0) is 19.4 Å². The number of rotatable bonds is 2. The van der Waals surface area contributed by atoms with Crippen LogP contribution in [0.3, 0.4) is 0 Å². The largest absolute Gasteiger partial charge is 0.295 e. The first-order valence-corrected chi connectivity index (χ1v) is 4.82. The van der Waals surface area contributed by atoms with Crippen molar-refractivity contribution in [2.24, 2.45) is 0 Å². The van der Waals surface area contributed by atoms with Crippen molar-refractivity contribution in [3.63, 3.8) is 0 Å². The molecule has 0 aliphatic carbocycles. The van der Waals surface area contributed by atoms with Crippen LogP contribution in [0.1, 0.15) is 34.8 Å². The van der Waals surface area contributed by atoms with Gasteiger partial charge in [-0.25, -0.2) is 8.78 Å². The monoisotopic (exact) mass is 262 g/mol. The Bertz CT molecular complexity index is 375. The van der Waals surface area contributed by atoms with Crippen LogP contribution in [0.15, 0.2) is 16.6 Å². The third-order valence-corrected chi connectivity index (χ3v) is 3.08. The zero-order chi connectivity index (χ0) is 10.9. The van der Waals surface area contributed by atoms with E-state index in [-0.39, 0.29) is 11.3 Å². The van der Waals surface area contributed by atoms with Crippen molar-refractivity contribution in [2.75, 3.05) is 0 Å². The first-order chi connectivity index (χ1) is 6.45. The van der Waals surface area contributed by atoms with Gasteiger partial charge in [0.05, 0.1) is 0 Å². The van der Waals surface area contributed by atoms with E-state index < -0.39 is 6.43 Å². The average Bonchev–Trinajstić information content (AvgIpc) is 2.08. The number of carbonyl (C=O) groups is 1. The van der Waals surface area contributed by atoms with Gasteiger partial charge in [0.15, 0.2) is 5.78 Å². The Hall–Kier alpha value is -0.770. The minimum absolute atomic E-state index is 0.0764. The van der Waals surface area contributed by atoms with Gasteiger partial charge in [-0.15, -0.1) is 0 Å². The van der Waals surface area contributed by atoms with Crippen LogP contribution in [-0.4, -0.2) is 5.78 Å². The minimum Gasteiger partial charge on any atom is -0.295 e. The number of hydrogen-bond donors (Lipinski definition) is 0. The molecule has 0 radical (unpaired) electrons. The summed E-state index contributed by atoms with van der Waals surface area (Å²) >= 11 is 3.07. The van der Waals surface area contributed by atoms with Gasteiger partial charge >= 0.3 is 0 Å². The lowest BCUT2D eigenvalue weighted by molar-refractivity contribution is 0.101. The van der Waals surface area contributed by atoms with E-state index in [1.807, 2.05) is 0 Å². The minimum atomic E-state index is -2.52. The van der Waals surface area contributed by atoms with Crippen LogP contribution in [-0.2, 0) is 0 Å². The summed E-state index contributed by atoms with van der Waals surface area (Å²) in [5.74, 6) is -0.121. The molecule has 1 nitrogen and oxygen atoms in total. The number of alkyl halides is 2. The molecule has 0 atom stereocenters. The fourth-order valence-corrected chi connectivity index (χ4v) is 1.77. The third kappa shape index (κ3) is 2.00. The molecule has 0 N–H and O–H groups in total. The van der Waals surface area contributed by atoms with Crippen LogP contribution in [0.4, 0.5) is 8.78 Å². The highest BCUT2D eigenvalue weighted by molar-refractivity contribution is 9.10. The fraction of sp³-hybridized carbons (Fsp3) is 0.300. The zero-order valence-corrected chi connectivity index (χ0v) is 9.36. The highest BCUT2D eigenvalue weighted by Crippen LogP contribution is 2.31. The maximum atomic E-state index is 12.4. The SMILES string of the molecule is CC(=O)c1ccc(C(F)F)c(Br)c1C. The zero-order valence-electron chi connectivity index (χ0n) is 7.77. The van der Waals surface area contributed by atoms with E-state index in [0.29, 0.717) is 15.6 Å². The van der Waals surface area contributed by atoms with Crippen molar-refractivity contribution in [3.8, 4) is 0 Å². The van der Waals surface area contributed by atoms with Crippen molar-refractivity contribution in [3.05, 3.63) is 33.3 Å². The van der Waals surface area contributed by atoms with Gasteiger partial charge in [-0.3, -0.25) is 4.79 Å². The van der Waals surface area contributed by atoms with Crippen molar-refractivity contribution >= 4 is 21.7 Å². The van der Waals surface area contributed by atoms with E-state index in [1.54, 1.807) is 6.92 Å². The average molecular weight is 263 g/mol. The number of Topliss-reactive ketones (excluding diaryl/α,β-unsaturated/α-hetero) is 1. The molecule has 4 heteroatoms. The van der Waals surface area contributed by atoms with Crippen LogP contribution >= 0.6 is 15.9 Å². The molecule has 0 saturated carbocycles. The summed E-state index contributed by atoms with van der Waals surface area (Å²) in [6.07, 6.45) is -2.52. The summed E-state index contributed by atoms with van der Waals surface area (Å²) in [5.41, 5.74) is 0.962. The van der Waals surface area contributed by atoms with E-state index in [4.69, 9.17) is 0 Å². The Morgan fingerprint density at radius 1 is 1.43 bits per heavy atom. The van der Waals surface area contributed by atoms with Crippen LogP contribution in [0.25, 0.3) is 0 Å². The Morgan fingerprint density at radius 2 is 2.00 bits per heavy atom. The summed E-state index contributed by atoms with van der Waals surface area (Å²) in [6, 6.07) is 2.71. The molecule has 0 amide bonds. The van der Waals surface area contributed by atoms with Crippen molar-refractivity contribution < 1.29 is 13.6 Å². The molecule has 1 aromatic carbocycles. The molecule has 0 aliphatic heterocycles. The van der Waals surface area contributed by atoms with E-state index in [9.17, 15) is 13.6 Å². The predicted molar refractivity (Wildman–Crippen MR) is 53.8 cm³/mol. The number of carbonyl (C=O) groups excluding carboxylic acids is 1. The van der Waals surface area contributed by atoms with Gasteiger partial charge in [-0.2, -0.15) is 0 Å². The molecule has 0 aromatic heterocycles. The highest BCUT2D eigenvalue weighted by atomic mass is 79.9. The summed E-state index contributed by atoms with van der Waals surface area (Å²) in [7, 11) is 0. The highest BCUT2D eigenvalue weighted by Gasteiger charge is 2.16. The molecule has 0 bridgehead atoms. The number of benzene rings is 1. The quantitative estimate of drug-likeness (QED) is 0.739. The van der Waals surface area contributed by atoms with Gasteiger partial charge in [-0.1, -0.05) is 28.1 Å². The van der Waals surface area contributed by atoms with Crippen LogP contribution < -0.4 is 0 Å². The standard InChI is InChI=1S/C10H9BrF2O/c1-5-7(6(2)14)3-4-8(9(5)11)10(12)13/h3-4,10H,1-2H3. The predicted octanol–water partition coefficient (Wildman–Crippen LogP) is 3.90. The molecule has 0 spiro atoms. The van der Waals surface area contributed by atoms with E-state index in [1.165, 1.54) is 19.1 Å². The molecule has 0 heterocycles. The van der Waals surface area contributed by atoms with E-state index >= 15 is 0 Å². The lowest BCUT2D eigenvalue weighted by Gasteiger charge is -2.09. The second kappa shape index (κ2) is 4.17. The van der Waals surface area contributed by atoms with Gasteiger partial charge < -0.3 is 0 Å². The maximum Gasteiger partial charge on any atom is 0.264 e. The first-order valence-electron chi connectivity index (χ1n) is 4.03. The smallest absolute Gasteiger partial charge is 0.264 e. The molecule has 1 aromatic rings. The molecule has 14 heavy (non-hydrogen) atoms. The summed E-state index contributed by atoms with van der Waals surface area (Å²) in [4.78, 5) is 11.1. The summed E-state index contributed by atoms with van der Waals surface area (Å²) in [6.45, 7) is 3.06. The molecule has 0 fully saturated rings. The number of hydrogen-bond acceptors (Lipinski definition) is 1. The summed E-state index contributed by atoms with van der Waals surface area (Å²) < 4.78 is 25.2. The van der Waals surface area contributed by atoms with Crippen molar-refractivity contribution in [1.82, 2.24) is 0 Å². The van der Waals surface area contributed by atoms with Gasteiger partial charge in [0.2, 0.25) is 0 Å². The molecule has 0 unspecified atom stereocenters. The molecule has 0 saturated heterocycles. The van der Waals surface area contributed by atoms with Crippen LogP contribution in [0, 0.1) is 6.92 Å². The lowest BCUT2D eigenvalue weighted by Crippen LogP contribution is -1.99. The molecule has 1 rings (SSSR count). The maximum absolute atomic E-state index is 12.4. The van der Waals surface area contributed by atoms with Crippen molar-refractivity contribution in [2.45, 2.75) is 20.3 Å². The fourth-order valence-electron chi connectivity index (χ4n) is 1.26. The van der Waals surface area contributed by atoms with Gasteiger partial charge in [0.25, 0.3) is 6.43 Å². The normalized spacial score (nSPS) is 10.7. The van der Waals surface area contributed by atoms with Crippen LogP contribution in [0.5, 0.6) is 0 Å². The second-order valence-corrected chi connectivity index (χ2v) is 3.79. The molecule has 76 valence electrons. The van der Waals surface area contributed by atoms with E-state index in [0.717, 1.165) is 0 Å².